The lowest BCUT2D eigenvalue weighted by molar-refractivity contribution is 0.345. The number of aromatic nitrogens is 2. The van der Waals surface area contributed by atoms with E-state index in [1.807, 2.05) is 19.4 Å². The van der Waals surface area contributed by atoms with Crippen molar-refractivity contribution in [1.29, 1.82) is 0 Å². The molecule has 1 aliphatic heterocycles. The van der Waals surface area contributed by atoms with Crippen molar-refractivity contribution in [2.24, 2.45) is 10.9 Å². The van der Waals surface area contributed by atoms with Crippen molar-refractivity contribution < 1.29 is 9.47 Å². The molecule has 7 nitrogen and oxygen atoms in total. The molecule has 1 N–H and O–H groups in total. The first kappa shape index (κ1) is 23.3. The summed E-state index contributed by atoms with van der Waals surface area (Å²) in [5.74, 6) is 4.05. The van der Waals surface area contributed by atoms with Gasteiger partial charge >= 0.3 is 0 Å². The Balaban J connectivity index is 0.00000300. The highest BCUT2D eigenvalue weighted by molar-refractivity contribution is 14.0. The highest BCUT2D eigenvalue weighted by Crippen LogP contribution is 2.33. The van der Waals surface area contributed by atoms with E-state index in [4.69, 9.17) is 9.47 Å². The fourth-order valence-electron chi connectivity index (χ4n) is 3.62. The first-order chi connectivity index (χ1) is 13.5. The molecule has 0 amide bonds. The van der Waals surface area contributed by atoms with Crippen molar-refractivity contribution in [2.45, 2.75) is 39.9 Å². The molecule has 1 aromatic carbocycles. The number of imidazole rings is 1. The van der Waals surface area contributed by atoms with Gasteiger partial charge in [0.15, 0.2) is 17.5 Å². The van der Waals surface area contributed by atoms with Gasteiger partial charge in [-0.05, 0) is 35.6 Å². The quantitative estimate of drug-likeness (QED) is 0.365. The highest BCUT2D eigenvalue weighted by Gasteiger charge is 2.22. The molecule has 0 spiro atoms. The Hall–Kier alpha value is -1.97. The number of aliphatic imine (C=N–C) groups is 1. The molecule has 160 valence electrons. The Morgan fingerprint density at radius 1 is 1.21 bits per heavy atom. The molecule has 0 saturated heterocycles. The van der Waals surface area contributed by atoms with Crippen molar-refractivity contribution >= 4 is 29.9 Å². The monoisotopic (exact) mass is 513 g/mol. The minimum Gasteiger partial charge on any atom is -0.493 e. The van der Waals surface area contributed by atoms with Crippen LogP contribution in [0.2, 0.25) is 0 Å². The lowest BCUT2D eigenvalue weighted by Crippen LogP contribution is -2.44. The van der Waals surface area contributed by atoms with Crippen molar-refractivity contribution in [2.75, 3.05) is 27.8 Å². The topological polar surface area (TPSA) is 63.9 Å². The maximum Gasteiger partial charge on any atom is 0.194 e. The largest absolute Gasteiger partial charge is 0.493 e. The maximum atomic E-state index is 5.47. The van der Waals surface area contributed by atoms with Crippen LogP contribution in [0.3, 0.4) is 0 Å². The summed E-state index contributed by atoms with van der Waals surface area (Å²) in [6.07, 6.45) is 4.84. The van der Waals surface area contributed by atoms with Crippen LogP contribution in [-0.2, 0) is 26.1 Å². The van der Waals surface area contributed by atoms with Gasteiger partial charge in [0.25, 0.3) is 0 Å². The van der Waals surface area contributed by atoms with Crippen LogP contribution in [0.5, 0.6) is 11.5 Å². The standard InChI is InChI=1S/C21H31N5O2.HI/c1-15(2)13-25-9-7-23-20(25)12-24-21(22-3)26-8-6-16-10-18(27-4)19(28-5)11-17(16)14-26;/h7,9-11,15H,6,8,12-14H2,1-5H3,(H,22,24);1H. The van der Waals surface area contributed by atoms with Gasteiger partial charge in [-0.25, -0.2) is 4.98 Å². The summed E-state index contributed by atoms with van der Waals surface area (Å²) in [5.41, 5.74) is 2.55. The molecule has 2 heterocycles. The molecule has 8 heteroatoms. The maximum absolute atomic E-state index is 5.47. The van der Waals surface area contributed by atoms with Gasteiger partial charge < -0.3 is 24.3 Å². The first-order valence-electron chi connectivity index (χ1n) is 9.75. The number of halogens is 1. The Morgan fingerprint density at radius 3 is 2.52 bits per heavy atom. The number of nitrogens with zero attached hydrogens (tertiary/aromatic N) is 4. The fourth-order valence-corrected chi connectivity index (χ4v) is 3.62. The van der Waals surface area contributed by atoms with E-state index in [0.717, 1.165) is 49.3 Å². The van der Waals surface area contributed by atoms with Crippen LogP contribution < -0.4 is 14.8 Å². The van der Waals surface area contributed by atoms with Crippen molar-refractivity contribution in [3.8, 4) is 11.5 Å². The van der Waals surface area contributed by atoms with Crippen LogP contribution in [0, 0.1) is 5.92 Å². The third-order valence-corrected chi connectivity index (χ3v) is 5.00. The van der Waals surface area contributed by atoms with Gasteiger partial charge in [-0.3, -0.25) is 4.99 Å². The summed E-state index contributed by atoms with van der Waals surface area (Å²) in [7, 11) is 5.17. The molecule has 0 atom stereocenters. The second-order valence-electron chi connectivity index (χ2n) is 7.44. The molecule has 0 bridgehead atoms. The predicted molar refractivity (Wildman–Crippen MR) is 126 cm³/mol. The zero-order valence-electron chi connectivity index (χ0n) is 17.9. The lowest BCUT2D eigenvalue weighted by Gasteiger charge is -2.32. The van der Waals surface area contributed by atoms with Gasteiger partial charge in [-0.2, -0.15) is 0 Å². The summed E-state index contributed by atoms with van der Waals surface area (Å²) in [5, 5.41) is 3.47. The number of rotatable bonds is 6. The van der Waals surface area contributed by atoms with E-state index in [1.165, 1.54) is 11.1 Å². The third kappa shape index (κ3) is 5.55. The SMILES string of the molecule is CN=C(NCc1nccn1CC(C)C)N1CCc2cc(OC)c(OC)cc2C1.I. The van der Waals surface area contributed by atoms with Gasteiger partial charge in [-0.15, -0.1) is 24.0 Å². The van der Waals surface area contributed by atoms with Crippen LogP contribution in [0.1, 0.15) is 30.8 Å². The fraction of sp³-hybridized carbons (Fsp3) is 0.524. The number of guanidine groups is 1. The zero-order chi connectivity index (χ0) is 20.1. The second-order valence-corrected chi connectivity index (χ2v) is 7.44. The van der Waals surface area contributed by atoms with E-state index in [0.29, 0.717) is 12.5 Å². The van der Waals surface area contributed by atoms with Gasteiger partial charge in [-0.1, -0.05) is 13.8 Å². The van der Waals surface area contributed by atoms with E-state index in [1.54, 1.807) is 14.2 Å². The lowest BCUT2D eigenvalue weighted by atomic mass is 9.99. The number of hydrogen-bond acceptors (Lipinski definition) is 4. The minimum absolute atomic E-state index is 0. The Kier molecular flexibility index (Phi) is 8.60. The number of ether oxygens (including phenoxy) is 2. The van der Waals surface area contributed by atoms with Gasteiger partial charge in [0, 0.05) is 39.1 Å². The molecule has 0 saturated carbocycles. The molecular weight excluding hydrogens is 481 g/mol. The molecule has 2 aromatic rings. The Labute approximate surface area is 190 Å². The summed E-state index contributed by atoms with van der Waals surface area (Å²) in [6, 6.07) is 4.16. The summed E-state index contributed by atoms with van der Waals surface area (Å²) in [4.78, 5) is 11.3. The van der Waals surface area contributed by atoms with E-state index >= 15 is 0 Å². The number of nitrogens with one attached hydrogen (secondary N) is 1. The Bertz CT molecular complexity index is 834. The molecule has 0 aliphatic carbocycles. The molecule has 0 unspecified atom stereocenters. The van der Waals surface area contributed by atoms with Gasteiger partial charge in [0.2, 0.25) is 0 Å². The summed E-state index contributed by atoms with van der Waals surface area (Å²) in [6.45, 7) is 7.74. The smallest absolute Gasteiger partial charge is 0.194 e. The highest BCUT2D eigenvalue weighted by atomic mass is 127. The third-order valence-electron chi connectivity index (χ3n) is 5.00. The van der Waals surface area contributed by atoms with E-state index < -0.39 is 0 Å². The van der Waals surface area contributed by atoms with Crippen LogP contribution in [0.15, 0.2) is 29.5 Å². The number of hydrogen-bond donors (Lipinski definition) is 1. The molecule has 29 heavy (non-hydrogen) atoms. The van der Waals surface area contributed by atoms with Crippen LogP contribution in [0.4, 0.5) is 0 Å². The molecule has 1 aliphatic rings. The second kappa shape index (κ2) is 10.7. The van der Waals surface area contributed by atoms with Gasteiger partial charge in [0.1, 0.15) is 5.82 Å². The number of fused-ring (bicyclic) bond motifs is 1. The van der Waals surface area contributed by atoms with E-state index in [2.05, 4.69) is 50.7 Å². The molecule has 0 fully saturated rings. The summed E-state index contributed by atoms with van der Waals surface area (Å²) < 4.78 is 13.1. The van der Waals surface area contributed by atoms with Crippen LogP contribution >= 0.6 is 24.0 Å². The predicted octanol–water partition coefficient (Wildman–Crippen LogP) is 3.31. The molecule has 1 aromatic heterocycles. The molecule has 3 rings (SSSR count). The normalized spacial score (nSPS) is 13.7. The average molecular weight is 513 g/mol. The molecule has 0 radical (unpaired) electrons. The molecular formula is C21H32IN5O2. The zero-order valence-corrected chi connectivity index (χ0v) is 20.3. The summed E-state index contributed by atoms with van der Waals surface area (Å²) >= 11 is 0. The van der Waals surface area contributed by atoms with Crippen molar-refractivity contribution in [3.05, 3.63) is 41.5 Å². The first-order valence-corrected chi connectivity index (χ1v) is 9.75. The average Bonchev–Trinajstić information content (AvgIpc) is 3.13. The van der Waals surface area contributed by atoms with Gasteiger partial charge in [0.05, 0.1) is 20.8 Å². The Morgan fingerprint density at radius 2 is 1.90 bits per heavy atom. The number of benzene rings is 1. The van der Waals surface area contributed by atoms with Crippen molar-refractivity contribution in [1.82, 2.24) is 19.8 Å². The van der Waals surface area contributed by atoms with E-state index in [9.17, 15) is 0 Å². The van der Waals surface area contributed by atoms with E-state index in [-0.39, 0.29) is 24.0 Å². The van der Waals surface area contributed by atoms with Crippen LogP contribution in [-0.4, -0.2) is 48.2 Å². The van der Waals surface area contributed by atoms with Crippen molar-refractivity contribution in [3.63, 3.8) is 0 Å². The number of methoxy groups -OCH3 is 2. The minimum atomic E-state index is 0. The van der Waals surface area contributed by atoms with Crippen LogP contribution in [0.25, 0.3) is 0 Å².